The molecule has 0 radical (unpaired) electrons. The normalized spacial score (nSPS) is 16.5. The maximum atomic E-state index is 6.00. The van der Waals surface area contributed by atoms with Crippen molar-refractivity contribution in [1.29, 1.82) is 0 Å². The fraction of sp³-hybridized carbons (Fsp3) is 0.389. The predicted molar refractivity (Wildman–Crippen MR) is 86.2 cm³/mol. The monoisotopic (exact) mass is 298 g/mol. The zero-order valence-electron chi connectivity index (χ0n) is 13.4. The van der Waals surface area contributed by atoms with E-state index < -0.39 is 0 Å². The van der Waals surface area contributed by atoms with Gasteiger partial charge in [0.25, 0.3) is 0 Å². The topological polar surface area (TPSA) is 34.6 Å². The number of aromatic nitrogens is 1. The number of nitrogens with zero attached hydrogens (tertiary/aromatic N) is 2. The highest BCUT2D eigenvalue weighted by Crippen LogP contribution is 2.36. The van der Waals surface area contributed by atoms with Crippen LogP contribution in [-0.2, 0) is 19.5 Å². The van der Waals surface area contributed by atoms with Crippen molar-refractivity contribution in [3.63, 3.8) is 0 Å². The standard InChI is InChI=1S/C18H22N2O2/c1-13-8-15-9-17(21-3)10-16(18(15)22-13)12-20(2)11-14-4-6-19-7-5-14/h4-7,9-10,13H,8,11-12H2,1-3H3/t13-/m0/s1. The van der Waals surface area contributed by atoms with E-state index in [9.17, 15) is 0 Å². The molecular formula is C18H22N2O2. The minimum atomic E-state index is 0.242. The number of pyridine rings is 1. The van der Waals surface area contributed by atoms with E-state index in [1.165, 1.54) is 16.7 Å². The Morgan fingerprint density at radius 3 is 2.77 bits per heavy atom. The van der Waals surface area contributed by atoms with Gasteiger partial charge in [-0.3, -0.25) is 9.88 Å². The van der Waals surface area contributed by atoms with Crippen molar-refractivity contribution >= 4 is 0 Å². The van der Waals surface area contributed by atoms with Crippen molar-refractivity contribution < 1.29 is 9.47 Å². The van der Waals surface area contributed by atoms with E-state index in [1.54, 1.807) is 7.11 Å². The fourth-order valence-electron chi connectivity index (χ4n) is 2.96. The summed E-state index contributed by atoms with van der Waals surface area (Å²) in [5, 5.41) is 0. The van der Waals surface area contributed by atoms with Gasteiger partial charge in [-0.05, 0) is 43.8 Å². The SMILES string of the molecule is COc1cc2c(c(CN(C)Cc3ccncc3)c1)O[C@@H](C)C2. The predicted octanol–water partition coefficient (Wildman–Crippen LogP) is 3.05. The molecule has 1 atom stereocenters. The van der Waals surface area contributed by atoms with Crippen molar-refractivity contribution in [2.75, 3.05) is 14.2 Å². The Bertz CT molecular complexity index is 643. The first-order valence-electron chi connectivity index (χ1n) is 7.59. The Morgan fingerprint density at radius 2 is 2.05 bits per heavy atom. The zero-order chi connectivity index (χ0) is 15.5. The van der Waals surface area contributed by atoms with Crippen LogP contribution in [-0.4, -0.2) is 30.1 Å². The van der Waals surface area contributed by atoms with Gasteiger partial charge in [0.05, 0.1) is 7.11 Å². The van der Waals surface area contributed by atoms with Crippen molar-refractivity contribution in [2.24, 2.45) is 0 Å². The second kappa shape index (κ2) is 6.36. The first-order valence-corrected chi connectivity index (χ1v) is 7.59. The average molecular weight is 298 g/mol. The molecule has 4 nitrogen and oxygen atoms in total. The summed E-state index contributed by atoms with van der Waals surface area (Å²) in [4.78, 5) is 6.33. The Labute approximate surface area is 131 Å². The largest absolute Gasteiger partial charge is 0.497 e. The van der Waals surface area contributed by atoms with Crippen LogP contribution in [0.25, 0.3) is 0 Å². The minimum Gasteiger partial charge on any atom is -0.497 e. The van der Waals surface area contributed by atoms with Gasteiger partial charge in [-0.25, -0.2) is 0 Å². The number of hydrogen-bond acceptors (Lipinski definition) is 4. The van der Waals surface area contributed by atoms with Crippen LogP contribution in [0.15, 0.2) is 36.7 Å². The smallest absolute Gasteiger partial charge is 0.127 e. The molecule has 0 aliphatic carbocycles. The first-order chi connectivity index (χ1) is 10.7. The van der Waals surface area contributed by atoms with E-state index >= 15 is 0 Å². The van der Waals surface area contributed by atoms with E-state index in [1.807, 2.05) is 24.5 Å². The Morgan fingerprint density at radius 1 is 1.27 bits per heavy atom. The van der Waals surface area contributed by atoms with Gasteiger partial charge >= 0.3 is 0 Å². The summed E-state index contributed by atoms with van der Waals surface area (Å²) in [5.74, 6) is 1.94. The fourth-order valence-corrected chi connectivity index (χ4v) is 2.96. The molecule has 3 rings (SSSR count). The van der Waals surface area contributed by atoms with Crippen molar-refractivity contribution in [1.82, 2.24) is 9.88 Å². The molecule has 116 valence electrons. The Hall–Kier alpha value is -2.07. The molecule has 2 heterocycles. The van der Waals surface area contributed by atoms with Gasteiger partial charge in [-0.15, -0.1) is 0 Å². The van der Waals surface area contributed by atoms with Gasteiger partial charge in [0.15, 0.2) is 0 Å². The van der Waals surface area contributed by atoms with Gasteiger partial charge in [0.2, 0.25) is 0 Å². The molecule has 0 amide bonds. The number of benzene rings is 1. The van der Waals surface area contributed by atoms with Crippen LogP contribution < -0.4 is 9.47 Å². The van der Waals surface area contributed by atoms with Crippen LogP contribution in [0.4, 0.5) is 0 Å². The summed E-state index contributed by atoms with van der Waals surface area (Å²) in [7, 11) is 3.83. The van der Waals surface area contributed by atoms with E-state index in [4.69, 9.17) is 9.47 Å². The molecule has 0 fully saturated rings. The summed E-state index contributed by atoms with van der Waals surface area (Å²) in [6.07, 6.45) is 4.86. The molecule has 1 aromatic heterocycles. The highest BCUT2D eigenvalue weighted by Gasteiger charge is 2.23. The maximum Gasteiger partial charge on any atom is 0.127 e. The molecule has 1 aliphatic rings. The lowest BCUT2D eigenvalue weighted by atomic mass is 10.1. The van der Waals surface area contributed by atoms with Crippen LogP contribution in [0.5, 0.6) is 11.5 Å². The van der Waals surface area contributed by atoms with Crippen LogP contribution in [0.1, 0.15) is 23.6 Å². The summed E-state index contributed by atoms with van der Waals surface area (Å²) < 4.78 is 11.4. The molecular weight excluding hydrogens is 276 g/mol. The van der Waals surface area contributed by atoms with E-state index in [2.05, 4.69) is 36.0 Å². The van der Waals surface area contributed by atoms with Gasteiger partial charge < -0.3 is 9.47 Å². The van der Waals surface area contributed by atoms with Gasteiger partial charge in [-0.1, -0.05) is 0 Å². The maximum absolute atomic E-state index is 6.00. The lowest BCUT2D eigenvalue weighted by molar-refractivity contribution is 0.245. The minimum absolute atomic E-state index is 0.242. The van der Waals surface area contributed by atoms with Crippen LogP contribution >= 0.6 is 0 Å². The molecule has 22 heavy (non-hydrogen) atoms. The number of fused-ring (bicyclic) bond motifs is 1. The highest BCUT2D eigenvalue weighted by molar-refractivity contribution is 5.49. The Balaban J connectivity index is 1.78. The number of rotatable bonds is 5. The number of ether oxygens (including phenoxy) is 2. The molecule has 0 unspecified atom stereocenters. The second-order valence-electron chi connectivity index (χ2n) is 5.94. The third-order valence-electron chi connectivity index (χ3n) is 3.92. The van der Waals surface area contributed by atoms with Gasteiger partial charge in [0, 0.05) is 43.0 Å². The molecule has 0 bridgehead atoms. The van der Waals surface area contributed by atoms with Crippen LogP contribution in [0, 0.1) is 0 Å². The zero-order valence-corrected chi connectivity index (χ0v) is 13.4. The molecule has 0 saturated carbocycles. The van der Waals surface area contributed by atoms with Gasteiger partial charge in [0.1, 0.15) is 17.6 Å². The highest BCUT2D eigenvalue weighted by atomic mass is 16.5. The average Bonchev–Trinajstić information content (AvgIpc) is 2.88. The summed E-state index contributed by atoms with van der Waals surface area (Å²) in [5.41, 5.74) is 3.70. The van der Waals surface area contributed by atoms with E-state index in [0.717, 1.165) is 31.0 Å². The number of hydrogen-bond donors (Lipinski definition) is 0. The van der Waals surface area contributed by atoms with Gasteiger partial charge in [-0.2, -0.15) is 0 Å². The van der Waals surface area contributed by atoms with Crippen LogP contribution in [0.2, 0.25) is 0 Å². The third kappa shape index (κ3) is 3.22. The molecule has 0 spiro atoms. The molecule has 0 saturated heterocycles. The molecule has 4 heteroatoms. The van der Waals surface area contributed by atoms with Crippen molar-refractivity contribution in [3.05, 3.63) is 53.3 Å². The van der Waals surface area contributed by atoms with Crippen molar-refractivity contribution in [2.45, 2.75) is 32.5 Å². The Kier molecular flexibility index (Phi) is 4.29. The first kappa shape index (κ1) is 14.9. The third-order valence-corrected chi connectivity index (χ3v) is 3.92. The second-order valence-corrected chi connectivity index (χ2v) is 5.94. The summed E-state index contributed by atoms with van der Waals surface area (Å²) in [6.45, 7) is 3.82. The molecule has 1 aliphatic heterocycles. The van der Waals surface area contributed by atoms with E-state index in [0.29, 0.717) is 0 Å². The summed E-state index contributed by atoms with van der Waals surface area (Å²) >= 11 is 0. The lowest BCUT2D eigenvalue weighted by Gasteiger charge is -2.19. The van der Waals surface area contributed by atoms with Crippen LogP contribution in [0.3, 0.4) is 0 Å². The molecule has 2 aromatic rings. The summed E-state index contributed by atoms with van der Waals surface area (Å²) in [6, 6.07) is 8.27. The lowest BCUT2D eigenvalue weighted by Crippen LogP contribution is -2.18. The number of methoxy groups -OCH3 is 1. The molecule has 1 aromatic carbocycles. The van der Waals surface area contributed by atoms with E-state index in [-0.39, 0.29) is 6.10 Å². The quantitative estimate of drug-likeness (QED) is 0.850. The molecule has 0 N–H and O–H groups in total. The van der Waals surface area contributed by atoms with Crippen molar-refractivity contribution in [3.8, 4) is 11.5 Å².